The fourth-order valence-corrected chi connectivity index (χ4v) is 2.08. The Labute approximate surface area is 116 Å². The second-order valence-electron chi connectivity index (χ2n) is 4.69. The van der Waals surface area contributed by atoms with Crippen molar-refractivity contribution in [2.24, 2.45) is 0 Å². The van der Waals surface area contributed by atoms with E-state index in [1.165, 1.54) is 18.2 Å². The molecule has 20 heavy (non-hydrogen) atoms. The molecule has 0 aromatic heterocycles. The second kappa shape index (κ2) is 6.27. The fraction of sp³-hybridized carbons (Fsp3) is 0.188. The summed E-state index contributed by atoms with van der Waals surface area (Å²) in [5, 5.41) is 8.80. The standard InChI is InChI=1S/C16H14F2N2/c1-20(10-12-4-2-7-15(17)8-12)11-14-6-3-5-13(9-19)16(14)18/h2-8H,10-11H2,1H3. The predicted octanol–water partition coefficient (Wildman–Crippen LogP) is 3.47. The van der Waals surface area contributed by atoms with Gasteiger partial charge in [0.1, 0.15) is 17.7 Å². The van der Waals surface area contributed by atoms with Crippen molar-refractivity contribution in [2.75, 3.05) is 7.05 Å². The Bertz CT molecular complexity index is 647. The molecule has 102 valence electrons. The molecule has 0 saturated carbocycles. The molecule has 0 bridgehead atoms. The maximum atomic E-state index is 13.9. The number of rotatable bonds is 4. The molecule has 0 fully saturated rings. The summed E-state index contributed by atoms with van der Waals surface area (Å²) >= 11 is 0. The number of hydrogen-bond acceptors (Lipinski definition) is 2. The lowest BCUT2D eigenvalue weighted by atomic mass is 10.1. The maximum Gasteiger partial charge on any atom is 0.145 e. The van der Waals surface area contributed by atoms with Crippen LogP contribution in [0.3, 0.4) is 0 Å². The minimum absolute atomic E-state index is 0.0432. The van der Waals surface area contributed by atoms with Gasteiger partial charge < -0.3 is 0 Å². The van der Waals surface area contributed by atoms with Gasteiger partial charge in [-0.2, -0.15) is 5.26 Å². The Morgan fingerprint density at radius 1 is 1.10 bits per heavy atom. The summed E-state index contributed by atoms with van der Waals surface area (Å²) in [6, 6.07) is 12.9. The van der Waals surface area contributed by atoms with Gasteiger partial charge in [0, 0.05) is 18.7 Å². The molecule has 2 nitrogen and oxygen atoms in total. The third-order valence-corrected chi connectivity index (χ3v) is 2.98. The van der Waals surface area contributed by atoms with E-state index in [-0.39, 0.29) is 11.4 Å². The van der Waals surface area contributed by atoms with Crippen LogP contribution in [0.5, 0.6) is 0 Å². The molecule has 0 aliphatic carbocycles. The molecule has 0 atom stereocenters. The molecule has 2 rings (SSSR count). The first-order valence-electron chi connectivity index (χ1n) is 6.20. The van der Waals surface area contributed by atoms with Crippen LogP contribution in [0, 0.1) is 23.0 Å². The molecule has 0 aliphatic heterocycles. The molecule has 4 heteroatoms. The predicted molar refractivity (Wildman–Crippen MR) is 72.7 cm³/mol. The van der Waals surface area contributed by atoms with Crippen LogP contribution in [0.15, 0.2) is 42.5 Å². The van der Waals surface area contributed by atoms with Crippen LogP contribution in [-0.2, 0) is 13.1 Å². The van der Waals surface area contributed by atoms with Gasteiger partial charge in [-0.1, -0.05) is 24.3 Å². The molecule has 0 unspecified atom stereocenters. The molecule has 0 radical (unpaired) electrons. The second-order valence-corrected chi connectivity index (χ2v) is 4.69. The Balaban J connectivity index is 2.09. The van der Waals surface area contributed by atoms with Crippen molar-refractivity contribution in [2.45, 2.75) is 13.1 Å². The molecule has 0 amide bonds. The summed E-state index contributed by atoms with van der Waals surface area (Å²) in [6.45, 7) is 0.867. The van der Waals surface area contributed by atoms with Crippen LogP contribution in [0.25, 0.3) is 0 Å². The minimum atomic E-state index is -0.485. The van der Waals surface area contributed by atoms with Gasteiger partial charge in [-0.05, 0) is 30.8 Å². The van der Waals surface area contributed by atoms with Gasteiger partial charge in [0.15, 0.2) is 0 Å². The third kappa shape index (κ3) is 3.40. The fourth-order valence-electron chi connectivity index (χ4n) is 2.08. The number of nitrogens with zero attached hydrogens (tertiary/aromatic N) is 2. The third-order valence-electron chi connectivity index (χ3n) is 2.98. The normalized spacial score (nSPS) is 10.6. The van der Waals surface area contributed by atoms with E-state index in [1.54, 1.807) is 18.2 Å². The molecule has 0 aliphatic rings. The Morgan fingerprint density at radius 3 is 2.55 bits per heavy atom. The van der Waals surface area contributed by atoms with Crippen LogP contribution in [0.1, 0.15) is 16.7 Å². The first kappa shape index (κ1) is 14.2. The van der Waals surface area contributed by atoms with E-state index in [9.17, 15) is 8.78 Å². The molecular weight excluding hydrogens is 258 g/mol. The molecule has 2 aromatic rings. The van der Waals surface area contributed by atoms with Crippen LogP contribution in [0.4, 0.5) is 8.78 Å². The van der Waals surface area contributed by atoms with Gasteiger partial charge in [0.25, 0.3) is 0 Å². The average Bonchev–Trinajstić information content (AvgIpc) is 2.41. The highest BCUT2D eigenvalue weighted by Crippen LogP contribution is 2.15. The van der Waals surface area contributed by atoms with Gasteiger partial charge in [-0.25, -0.2) is 8.78 Å². The lowest BCUT2D eigenvalue weighted by molar-refractivity contribution is 0.313. The Kier molecular flexibility index (Phi) is 4.44. The van der Waals surface area contributed by atoms with Gasteiger partial charge >= 0.3 is 0 Å². The molecule has 0 saturated heterocycles. The van der Waals surface area contributed by atoms with E-state index in [0.29, 0.717) is 18.7 Å². The average molecular weight is 272 g/mol. The van der Waals surface area contributed by atoms with Gasteiger partial charge in [0.2, 0.25) is 0 Å². The van der Waals surface area contributed by atoms with Crippen molar-refractivity contribution in [1.29, 1.82) is 5.26 Å². The molecule has 0 spiro atoms. The van der Waals surface area contributed by atoms with Gasteiger partial charge in [-0.3, -0.25) is 4.90 Å². The Hall–Kier alpha value is -2.25. The molecular formula is C16H14F2N2. The molecule has 0 N–H and O–H groups in total. The van der Waals surface area contributed by atoms with E-state index in [4.69, 9.17) is 5.26 Å². The summed E-state index contributed by atoms with van der Waals surface area (Å²) in [4.78, 5) is 1.87. The van der Waals surface area contributed by atoms with Crippen molar-refractivity contribution in [3.63, 3.8) is 0 Å². The van der Waals surface area contributed by atoms with Crippen LogP contribution < -0.4 is 0 Å². The van der Waals surface area contributed by atoms with Crippen molar-refractivity contribution >= 4 is 0 Å². The SMILES string of the molecule is CN(Cc1cccc(F)c1)Cc1cccc(C#N)c1F. The zero-order chi connectivity index (χ0) is 14.5. The van der Waals surface area contributed by atoms with Gasteiger partial charge in [0.05, 0.1) is 5.56 Å². The van der Waals surface area contributed by atoms with Gasteiger partial charge in [-0.15, -0.1) is 0 Å². The Morgan fingerprint density at radius 2 is 1.85 bits per heavy atom. The smallest absolute Gasteiger partial charge is 0.145 e. The lowest BCUT2D eigenvalue weighted by Crippen LogP contribution is -2.18. The van der Waals surface area contributed by atoms with Crippen molar-refractivity contribution in [3.8, 4) is 6.07 Å². The monoisotopic (exact) mass is 272 g/mol. The first-order chi connectivity index (χ1) is 9.60. The van der Waals surface area contributed by atoms with E-state index in [0.717, 1.165) is 5.56 Å². The maximum absolute atomic E-state index is 13.9. The highest BCUT2D eigenvalue weighted by atomic mass is 19.1. The zero-order valence-corrected chi connectivity index (χ0v) is 11.1. The number of hydrogen-bond donors (Lipinski definition) is 0. The number of nitriles is 1. The topological polar surface area (TPSA) is 27.0 Å². The lowest BCUT2D eigenvalue weighted by Gasteiger charge is -2.17. The van der Waals surface area contributed by atoms with E-state index in [2.05, 4.69) is 0 Å². The highest BCUT2D eigenvalue weighted by molar-refractivity contribution is 5.34. The minimum Gasteiger partial charge on any atom is -0.298 e. The largest absolute Gasteiger partial charge is 0.298 e. The summed E-state index contributed by atoms with van der Waals surface area (Å²) < 4.78 is 27.0. The summed E-state index contributed by atoms with van der Waals surface area (Å²) in [5.41, 5.74) is 1.33. The van der Waals surface area contributed by atoms with Crippen LogP contribution >= 0.6 is 0 Å². The quantitative estimate of drug-likeness (QED) is 0.852. The van der Waals surface area contributed by atoms with Crippen LogP contribution in [-0.4, -0.2) is 11.9 Å². The summed E-state index contributed by atoms with van der Waals surface area (Å²) in [7, 11) is 1.82. The summed E-state index contributed by atoms with van der Waals surface area (Å²) in [5.74, 6) is -0.769. The van der Waals surface area contributed by atoms with Crippen molar-refractivity contribution < 1.29 is 8.78 Å². The van der Waals surface area contributed by atoms with Crippen molar-refractivity contribution in [3.05, 3.63) is 70.8 Å². The zero-order valence-electron chi connectivity index (χ0n) is 11.1. The van der Waals surface area contributed by atoms with E-state index in [1.807, 2.05) is 24.1 Å². The molecule has 0 heterocycles. The molecule has 2 aromatic carbocycles. The first-order valence-corrected chi connectivity index (χ1v) is 6.20. The highest BCUT2D eigenvalue weighted by Gasteiger charge is 2.10. The van der Waals surface area contributed by atoms with E-state index >= 15 is 0 Å². The number of benzene rings is 2. The van der Waals surface area contributed by atoms with Crippen LogP contribution in [0.2, 0.25) is 0 Å². The van der Waals surface area contributed by atoms with Crippen molar-refractivity contribution in [1.82, 2.24) is 4.90 Å². The summed E-state index contributed by atoms with van der Waals surface area (Å²) in [6.07, 6.45) is 0. The van der Waals surface area contributed by atoms with E-state index < -0.39 is 5.82 Å². The number of halogens is 2.